The van der Waals surface area contributed by atoms with E-state index in [0.717, 1.165) is 26.4 Å². The van der Waals surface area contributed by atoms with E-state index in [1.165, 1.54) is 11.8 Å². The fraction of sp³-hybridized carbons (Fsp3) is 0.0952. The van der Waals surface area contributed by atoms with Gasteiger partial charge in [-0.25, -0.2) is 9.97 Å². The van der Waals surface area contributed by atoms with E-state index in [4.69, 9.17) is 11.6 Å². The molecular formula is C21H16ClN3OS2. The molecule has 1 atom stereocenters. The van der Waals surface area contributed by atoms with Gasteiger partial charge in [-0.15, -0.1) is 11.3 Å². The third kappa shape index (κ3) is 4.04. The van der Waals surface area contributed by atoms with Crippen LogP contribution in [0, 0.1) is 0 Å². The van der Waals surface area contributed by atoms with Crippen LogP contribution in [0.25, 0.3) is 21.3 Å². The quantitative estimate of drug-likeness (QED) is 0.308. The van der Waals surface area contributed by atoms with Crippen molar-refractivity contribution in [1.29, 1.82) is 0 Å². The smallest absolute Gasteiger partial charge is 0.237 e. The van der Waals surface area contributed by atoms with E-state index >= 15 is 0 Å². The van der Waals surface area contributed by atoms with E-state index < -0.39 is 0 Å². The molecule has 1 amide bonds. The van der Waals surface area contributed by atoms with Gasteiger partial charge in [0.2, 0.25) is 5.91 Å². The van der Waals surface area contributed by atoms with Crippen LogP contribution in [0.15, 0.2) is 71.3 Å². The average Bonchev–Trinajstić information content (AvgIpc) is 3.14. The third-order valence-electron chi connectivity index (χ3n) is 4.17. The Morgan fingerprint density at radius 1 is 1.14 bits per heavy atom. The number of thioether (sulfide) groups is 1. The van der Waals surface area contributed by atoms with Gasteiger partial charge < -0.3 is 5.32 Å². The second-order valence-corrected chi connectivity index (χ2v) is 8.76. The maximum absolute atomic E-state index is 12.6. The molecule has 28 heavy (non-hydrogen) atoms. The summed E-state index contributed by atoms with van der Waals surface area (Å²) in [6.07, 6.45) is 1.55. The standard InChI is InChI=1S/C21H16ClN3OS2/c1-13(19(26)25-16-9-5-8-15(22)10-16)28-21-18-17(14-6-3-2-4-7-14)11-27-20(18)23-12-24-21/h2-13H,1H3,(H,25,26). The van der Waals surface area contributed by atoms with Crippen molar-refractivity contribution < 1.29 is 4.79 Å². The number of rotatable bonds is 5. The summed E-state index contributed by atoms with van der Waals surface area (Å²) in [5, 5.41) is 7.05. The fourth-order valence-corrected chi connectivity index (χ4v) is 4.90. The lowest BCUT2D eigenvalue weighted by Crippen LogP contribution is -2.22. The number of amides is 1. The molecule has 2 aromatic heterocycles. The first-order valence-corrected chi connectivity index (χ1v) is 10.8. The summed E-state index contributed by atoms with van der Waals surface area (Å²) in [6.45, 7) is 1.87. The molecule has 140 valence electrons. The maximum atomic E-state index is 12.6. The van der Waals surface area contributed by atoms with E-state index in [2.05, 4.69) is 32.8 Å². The van der Waals surface area contributed by atoms with Gasteiger partial charge in [-0.05, 0) is 30.7 Å². The van der Waals surface area contributed by atoms with Gasteiger partial charge in [0.25, 0.3) is 0 Å². The lowest BCUT2D eigenvalue weighted by Gasteiger charge is -2.13. The largest absolute Gasteiger partial charge is 0.325 e. The number of nitrogens with zero attached hydrogens (tertiary/aromatic N) is 2. The van der Waals surface area contributed by atoms with Crippen LogP contribution in [0.2, 0.25) is 5.02 Å². The number of halogens is 1. The van der Waals surface area contributed by atoms with E-state index in [1.807, 2.05) is 31.2 Å². The SMILES string of the molecule is CC(Sc1ncnc2scc(-c3ccccc3)c12)C(=O)Nc1cccc(Cl)c1. The molecule has 0 radical (unpaired) electrons. The van der Waals surface area contributed by atoms with E-state index in [-0.39, 0.29) is 11.2 Å². The molecule has 0 aliphatic carbocycles. The van der Waals surface area contributed by atoms with Crippen LogP contribution in [0.4, 0.5) is 5.69 Å². The van der Waals surface area contributed by atoms with E-state index in [9.17, 15) is 4.79 Å². The highest BCUT2D eigenvalue weighted by molar-refractivity contribution is 8.00. The van der Waals surface area contributed by atoms with E-state index in [0.29, 0.717) is 10.7 Å². The Morgan fingerprint density at radius 3 is 2.75 bits per heavy atom. The van der Waals surface area contributed by atoms with Gasteiger partial charge in [-0.1, -0.05) is 59.8 Å². The molecule has 0 aliphatic rings. The molecule has 4 nitrogen and oxygen atoms in total. The molecule has 7 heteroatoms. The predicted octanol–water partition coefficient (Wildman–Crippen LogP) is 6.13. The number of carbonyl (C=O) groups is 1. The van der Waals surface area contributed by atoms with Gasteiger partial charge in [-0.3, -0.25) is 4.79 Å². The molecule has 2 heterocycles. The number of thiophene rings is 1. The summed E-state index contributed by atoms with van der Waals surface area (Å²) in [7, 11) is 0. The molecule has 1 N–H and O–H groups in total. The Bertz CT molecular complexity index is 1130. The molecule has 0 saturated carbocycles. The van der Waals surface area contributed by atoms with Crippen molar-refractivity contribution in [3.63, 3.8) is 0 Å². The monoisotopic (exact) mass is 425 g/mol. The normalized spacial score (nSPS) is 12.1. The number of fused-ring (bicyclic) bond motifs is 1. The molecule has 0 saturated heterocycles. The molecule has 0 aliphatic heterocycles. The first-order valence-electron chi connectivity index (χ1n) is 8.62. The third-order valence-corrected chi connectivity index (χ3v) is 6.39. The van der Waals surface area contributed by atoms with Crippen LogP contribution < -0.4 is 5.32 Å². The van der Waals surface area contributed by atoms with Crippen LogP contribution in [-0.2, 0) is 4.79 Å². The van der Waals surface area contributed by atoms with Crippen molar-refractivity contribution in [3.8, 4) is 11.1 Å². The number of hydrogen-bond acceptors (Lipinski definition) is 5. The number of aromatic nitrogens is 2. The lowest BCUT2D eigenvalue weighted by molar-refractivity contribution is -0.115. The Morgan fingerprint density at radius 2 is 1.96 bits per heavy atom. The number of nitrogens with one attached hydrogen (secondary N) is 1. The number of hydrogen-bond donors (Lipinski definition) is 1. The summed E-state index contributed by atoms with van der Waals surface area (Å²) in [5.74, 6) is -0.101. The van der Waals surface area contributed by atoms with Crippen LogP contribution in [0.1, 0.15) is 6.92 Å². The van der Waals surface area contributed by atoms with Gasteiger partial charge in [0.1, 0.15) is 16.2 Å². The van der Waals surface area contributed by atoms with Crippen LogP contribution in [0.3, 0.4) is 0 Å². The van der Waals surface area contributed by atoms with Crippen LogP contribution in [0.5, 0.6) is 0 Å². The minimum Gasteiger partial charge on any atom is -0.325 e. The maximum Gasteiger partial charge on any atom is 0.237 e. The zero-order valence-corrected chi connectivity index (χ0v) is 17.3. The predicted molar refractivity (Wildman–Crippen MR) is 118 cm³/mol. The fourth-order valence-electron chi connectivity index (χ4n) is 2.80. The average molecular weight is 426 g/mol. The lowest BCUT2D eigenvalue weighted by atomic mass is 10.1. The van der Waals surface area contributed by atoms with Crippen molar-refractivity contribution in [3.05, 3.63) is 71.3 Å². The second kappa shape index (κ2) is 8.31. The molecule has 4 aromatic rings. The molecular weight excluding hydrogens is 410 g/mol. The molecule has 2 aromatic carbocycles. The summed E-state index contributed by atoms with van der Waals surface area (Å²) in [4.78, 5) is 22.4. The minimum absolute atomic E-state index is 0.101. The van der Waals surface area contributed by atoms with Crippen molar-refractivity contribution in [2.24, 2.45) is 0 Å². The zero-order chi connectivity index (χ0) is 19.5. The molecule has 0 bridgehead atoms. The van der Waals surface area contributed by atoms with Crippen molar-refractivity contribution in [2.75, 3.05) is 5.32 Å². The summed E-state index contributed by atoms with van der Waals surface area (Å²) < 4.78 is 0. The number of benzene rings is 2. The van der Waals surface area contributed by atoms with Gasteiger partial charge in [0, 0.05) is 21.7 Å². The number of carbonyl (C=O) groups excluding carboxylic acids is 1. The van der Waals surface area contributed by atoms with Gasteiger partial charge in [0.15, 0.2) is 0 Å². The first kappa shape index (κ1) is 18.9. The van der Waals surface area contributed by atoms with Crippen molar-refractivity contribution in [2.45, 2.75) is 17.2 Å². The van der Waals surface area contributed by atoms with E-state index in [1.54, 1.807) is 35.9 Å². The Hall–Kier alpha value is -2.41. The van der Waals surface area contributed by atoms with Crippen LogP contribution in [-0.4, -0.2) is 21.1 Å². The summed E-state index contributed by atoms with van der Waals surface area (Å²) in [6, 6.07) is 17.3. The highest BCUT2D eigenvalue weighted by Gasteiger charge is 2.20. The second-order valence-electron chi connectivity index (χ2n) is 6.13. The topological polar surface area (TPSA) is 54.9 Å². The Kier molecular flexibility index (Phi) is 5.62. The molecule has 1 unspecified atom stereocenters. The number of anilines is 1. The van der Waals surface area contributed by atoms with Gasteiger partial charge >= 0.3 is 0 Å². The van der Waals surface area contributed by atoms with Gasteiger partial charge in [-0.2, -0.15) is 0 Å². The first-order chi connectivity index (χ1) is 13.6. The van der Waals surface area contributed by atoms with Crippen LogP contribution >= 0.6 is 34.7 Å². The Balaban J connectivity index is 1.61. The summed E-state index contributed by atoms with van der Waals surface area (Å²) in [5.41, 5.74) is 2.88. The minimum atomic E-state index is -0.333. The molecule has 0 fully saturated rings. The van der Waals surface area contributed by atoms with Crippen molar-refractivity contribution >= 4 is 56.5 Å². The van der Waals surface area contributed by atoms with Gasteiger partial charge in [0.05, 0.1) is 10.6 Å². The molecule has 0 spiro atoms. The van der Waals surface area contributed by atoms with Crippen molar-refractivity contribution in [1.82, 2.24) is 9.97 Å². The Labute approximate surface area is 176 Å². The highest BCUT2D eigenvalue weighted by atomic mass is 35.5. The summed E-state index contributed by atoms with van der Waals surface area (Å²) >= 11 is 9.01. The molecule has 4 rings (SSSR count). The zero-order valence-electron chi connectivity index (χ0n) is 14.9. The highest BCUT2D eigenvalue weighted by Crippen LogP contribution is 2.39.